The predicted molar refractivity (Wildman–Crippen MR) is 194 cm³/mol. The Morgan fingerprint density at radius 1 is 1.02 bits per heavy atom. The maximum absolute atomic E-state index is 12.1. The van der Waals surface area contributed by atoms with Gasteiger partial charge in [-0.15, -0.1) is 0 Å². The van der Waals surface area contributed by atoms with Crippen molar-refractivity contribution in [3.8, 4) is 0 Å². The lowest BCUT2D eigenvalue weighted by Gasteiger charge is -2.67. The Hall–Kier alpha value is -1.95. The van der Waals surface area contributed by atoms with Crippen molar-refractivity contribution >= 4 is 18.5 Å². The van der Waals surface area contributed by atoms with Crippen molar-refractivity contribution in [2.45, 2.75) is 151 Å². The van der Waals surface area contributed by atoms with Crippen LogP contribution in [-0.4, -0.2) is 45.5 Å². The van der Waals surface area contributed by atoms with Crippen molar-refractivity contribution in [1.29, 1.82) is 0 Å². The number of ether oxygens (including phenoxy) is 3. The van der Waals surface area contributed by atoms with Crippen LogP contribution in [0.25, 0.3) is 0 Å². The van der Waals surface area contributed by atoms with E-state index in [4.69, 9.17) is 19.0 Å². The minimum Gasteiger partial charge on any atom is -0.496 e. The number of hydrogen-bond donors (Lipinski definition) is 0. The monoisotopic (exact) mass is 671 g/mol. The third kappa shape index (κ3) is 8.67. The van der Waals surface area contributed by atoms with Crippen LogP contribution in [0.5, 0.6) is 0 Å². The Morgan fingerprint density at radius 2 is 1.73 bits per heavy atom. The van der Waals surface area contributed by atoms with E-state index in [1.54, 1.807) is 5.57 Å². The third-order valence-electron chi connectivity index (χ3n) is 13.9. The molecule has 4 saturated carbocycles. The summed E-state index contributed by atoms with van der Waals surface area (Å²) in [6.45, 7) is 18.9. The van der Waals surface area contributed by atoms with E-state index >= 15 is 0 Å². The third-order valence-corrected chi connectivity index (χ3v) is 13.9. The zero-order chi connectivity index (χ0) is 35.7. The van der Waals surface area contributed by atoms with E-state index in [1.165, 1.54) is 77.4 Å². The smallest absolute Gasteiger partial charge is 0.306 e. The van der Waals surface area contributed by atoms with Crippen LogP contribution in [0.3, 0.4) is 0 Å². The van der Waals surface area contributed by atoms with E-state index in [0.29, 0.717) is 29.1 Å². The summed E-state index contributed by atoms with van der Waals surface area (Å²) in [7, 11) is 3.30. The summed E-state index contributed by atoms with van der Waals surface area (Å²) in [5, 5.41) is 0. The van der Waals surface area contributed by atoms with Crippen molar-refractivity contribution in [3.05, 3.63) is 23.0 Å². The molecule has 6 heteroatoms. The van der Waals surface area contributed by atoms with Gasteiger partial charge in [0, 0.05) is 18.4 Å². The lowest BCUT2D eigenvalue weighted by Crippen LogP contribution is -2.60. The first-order chi connectivity index (χ1) is 22.8. The van der Waals surface area contributed by atoms with Crippen LogP contribution in [0.2, 0.25) is 0 Å². The van der Waals surface area contributed by atoms with Crippen LogP contribution < -0.4 is 0 Å². The lowest BCUT2D eigenvalue weighted by molar-refractivity contribution is -0.175. The molecule has 10 unspecified atom stereocenters. The highest BCUT2D eigenvalue weighted by atomic mass is 16.5. The summed E-state index contributed by atoms with van der Waals surface area (Å²) >= 11 is 0. The van der Waals surface area contributed by atoms with Gasteiger partial charge in [0.05, 0.1) is 32.0 Å². The number of carbonyl (C=O) groups is 3. The molecule has 10 atom stereocenters. The fourth-order valence-corrected chi connectivity index (χ4v) is 11.6. The molecule has 4 aliphatic rings. The van der Waals surface area contributed by atoms with Crippen LogP contribution >= 0.6 is 0 Å². The van der Waals surface area contributed by atoms with Gasteiger partial charge in [-0.05, 0) is 158 Å². The highest BCUT2D eigenvalue weighted by molar-refractivity contribution is 5.73. The van der Waals surface area contributed by atoms with Gasteiger partial charge in [-0.2, -0.15) is 0 Å². The molecule has 4 aliphatic carbocycles. The molecule has 0 radical (unpaired) electrons. The molecule has 4 fully saturated rings. The number of methoxy groups -OCH3 is 2. The number of carbonyl (C=O) groups excluding carboxylic acids is 3. The molecule has 0 aromatic carbocycles. The van der Waals surface area contributed by atoms with Crippen molar-refractivity contribution in [1.82, 2.24) is 0 Å². The highest BCUT2D eigenvalue weighted by Gasteiger charge is 2.63. The summed E-state index contributed by atoms with van der Waals surface area (Å²) < 4.78 is 17.3. The van der Waals surface area contributed by atoms with Gasteiger partial charge < -0.3 is 23.8 Å². The molecule has 4 rings (SSSR count). The molecule has 0 spiro atoms. The Balaban J connectivity index is 0.00000201. The summed E-state index contributed by atoms with van der Waals surface area (Å²) in [5.41, 5.74) is 3.80. The molecule has 6 nitrogen and oxygen atoms in total. The first kappa shape index (κ1) is 40.5. The zero-order valence-corrected chi connectivity index (χ0v) is 32.3. The van der Waals surface area contributed by atoms with Gasteiger partial charge in [-0.3, -0.25) is 4.79 Å². The maximum Gasteiger partial charge on any atom is 0.306 e. The van der Waals surface area contributed by atoms with Gasteiger partial charge in [0.25, 0.3) is 0 Å². The average molecular weight is 671 g/mol. The number of rotatable bonds is 13. The van der Waals surface area contributed by atoms with Gasteiger partial charge in [0.2, 0.25) is 0 Å². The fraction of sp³-hybridized carbons (Fsp3) is 0.833. The van der Waals surface area contributed by atoms with Gasteiger partial charge >= 0.3 is 5.97 Å². The first-order valence-corrected chi connectivity index (χ1v) is 19.2. The van der Waals surface area contributed by atoms with E-state index in [2.05, 4.69) is 54.5 Å². The summed E-state index contributed by atoms with van der Waals surface area (Å²) in [5.74, 6) is 3.82. The molecule has 0 saturated heterocycles. The fourth-order valence-electron chi connectivity index (χ4n) is 11.6. The van der Waals surface area contributed by atoms with E-state index in [1.807, 2.05) is 7.11 Å². The predicted octanol–water partition coefficient (Wildman–Crippen LogP) is 10.1. The summed E-state index contributed by atoms with van der Waals surface area (Å²) in [4.78, 5) is 32.9. The van der Waals surface area contributed by atoms with Crippen LogP contribution in [0.4, 0.5) is 0 Å². The Morgan fingerprint density at radius 3 is 2.35 bits per heavy atom. The molecule has 0 aromatic rings. The zero-order valence-electron chi connectivity index (χ0n) is 32.3. The van der Waals surface area contributed by atoms with E-state index in [0.717, 1.165) is 62.0 Å². The van der Waals surface area contributed by atoms with E-state index in [-0.39, 0.29) is 29.8 Å². The number of hydrogen-bond acceptors (Lipinski definition) is 6. The quantitative estimate of drug-likeness (QED) is 0.0840. The van der Waals surface area contributed by atoms with Gasteiger partial charge in [0.1, 0.15) is 12.6 Å². The van der Waals surface area contributed by atoms with Crippen molar-refractivity contribution < 1.29 is 28.6 Å². The molecule has 274 valence electrons. The molecule has 0 aromatic heterocycles. The molecule has 0 N–H and O–H groups in total. The van der Waals surface area contributed by atoms with Crippen molar-refractivity contribution in [2.24, 2.45) is 51.8 Å². The second-order valence-corrected chi connectivity index (χ2v) is 16.6. The van der Waals surface area contributed by atoms with Gasteiger partial charge in [-0.25, -0.2) is 0 Å². The molecule has 0 bridgehead atoms. The minimum atomic E-state index is -0.315. The molecule has 0 amide bonds. The van der Waals surface area contributed by atoms with Crippen molar-refractivity contribution in [3.63, 3.8) is 0 Å². The maximum atomic E-state index is 12.1. The summed E-state index contributed by atoms with van der Waals surface area (Å²) in [6.07, 6.45) is 19.7. The number of fused-ring (bicyclic) bond motifs is 5. The largest absolute Gasteiger partial charge is 0.496 e. The van der Waals surface area contributed by atoms with E-state index < -0.39 is 0 Å². The van der Waals surface area contributed by atoms with Crippen LogP contribution in [0.1, 0.15) is 145 Å². The Labute approximate surface area is 293 Å². The second-order valence-electron chi connectivity index (χ2n) is 16.6. The van der Waals surface area contributed by atoms with Crippen LogP contribution in [-0.2, 0) is 28.6 Å². The lowest BCUT2D eigenvalue weighted by atomic mass is 9.38. The molecule has 0 heterocycles. The van der Waals surface area contributed by atoms with Crippen LogP contribution in [0.15, 0.2) is 23.0 Å². The Bertz CT molecular complexity index is 1140. The second kappa shape index (κ2) is 17.8. The number of aldehydes is 2. The standard InChI is InChI=1S/C40H66O5.C2H4O/c1-10-12-29(4)45-30(5)17-21-38(6)28(3)16-20-39(7)34-18-22-40(26-43-8)19-11-13-32(37(40)33(34)14-15-35(38)39)27(2)23-31(25-41)24-36(42)44-9;1-2-3/h12,25,28,30-31,33-35,37H,10-11,13-24,26H2,1-9H3;2H,1H3/b29-12+,32-27+;. The first-order valence-electron chi connectivity index (χ1n) is 19.2. The summed E-state index contributed by atoms with van der Waals surface area (Å²) in [6, 6.07) is 0. The van der Waals surface area contributed by atoms with Crippen molar-refractivity contribution in [2.75, 3.05) is 20.8 Å². The SMILES string of the molecule is CC/C=C(\C)OC(C)CCC1(C)C(C)CCC2(C)C3CCC4(COC)CCC/C(=C(/C)CC(C=O)CC(=O)OC)C4C3CCC12.CC=O. The number of allylic oxidation sites excluding steroid dienone is 4. The number of esters is 1. The molecular formula is C42H70O6. The van der Waals surface area contributed by atoms with Crippen LogP contribution in [0, 0.1) is 51.8 Å². The molecule has 48 heavy (non-hydrogen) atoms. The molecule has 0 aliphatic heterocycles. The average Bonchev–Trinajstić information content (AvgIpc) is 3.05. The van der Waals surface area contributed by atoms with Gasteiger partial charge in [-0.1, -0.05) is 38.8 Å². The highest BCUT2D eigenvalue weighted by Crippen LogP contribution is 2.70. The molecular weight excluding hydrogens is 600 g/mol. The topological polar surface area (TPSA) is 78.9 Å². The Kier molecular flexibility index (Phi) is 15.0. The normalized spacial score (nSPS) is 36.9. The van der Waals surface area contributed by atoms with E-state index in [9.17, 15) is 9.59 Å². The van der Waals surface area contributed by atoms with Gasteiger partial charge in [0.15, 0.2) is 0 Å². The minimum absolute atomic E-state index is 0.166.